The summed E-state index contributed by atoms with van der Waals surface area (Å²) < 4.78 is 28.3. The topological polar surface area (TPSA) is 69.4 Å². The number of primary sulfonamides is 1. The second-order valence-corrected chi connectivity index (χ2v) is 6.14. The van der Waals surface area contributed by atoms with Crippen molar-refractivity contribution in [1.82, 2.24) is 0 Å². The molecule has 1 fully saturated rings. The van der Waals surface area contributed by atoms with Crippen molar-refractivity contribution in [3.05, 3.63) is 23.3 Å². The highest BCUT2D eigenvalue weighted by Gasteiger charge is 2.23. The third-order valence-corrected chi connectivity index (χ3v) is 4.22. The molecule has 1 saturated carbocycles. The second-order valence-electron chi connectivity index (χ2n) is 4.61. The standard InChI is InChI=1S/C12H17NO3S/c1-8-9(2)12(17(13,14)15)6-5-11(8)16-7-10-3-4-10/h5-6,10H,3-4,7H2,1-2H3,(H2,13,14,15). The molecule has 1 aliphatic rings. The number of ether oxygens (including phenoxy) is 1. The van der Waals surface area contributed by atoms with Gasteiger partial charge in [0.25, 0.3) is 0 Å². The molecule has 0 atom stereocenters. The molecule has 1 aliphatic carbocycles. The fraction of sp³-hybridized carbons (Fsp3) is 0.500. The molecule has 0 heterocycles. The van der Waals surface area contributed by atoms with E-state index >= 15 is 0 Å². The van der Waals surface area contributed by atoms with Crippen LogP contribution in [0.5, 0.6) is 5.75 Å². The molecule has 2 rings (SSSR count). The molecule has 4 nitrogen and oxygen atoms in total. The molecule has 2 N–H and O–H groups in total. The zero-order valence-electron chi connectivity index (χ0n) is 10.1. The summed E-state index contributed by atoms with van der Waals surface area (Å²) in [5.74, 6) is 1.43. The first kappa shape index (κ1) is 12.4. The van der Waals surface area contributed by atoms with E-state index in [2.05, 4.69) is 0 Å². The SMILES string of the molecule is Cc1c(OCC2CC2)ccc(S(N)(=O)=O)c1C. The van der Waals surface area contributed by atoms with E-state index in [1.165, 1.54) is 18.9 Å². The predicted molar refractivity (Wildman–Crippen MR) is 65.5 cm³/mol. The van der Waals surface area contributed by atoms with Gasteiger partial charge in [-0.25, -0.2) is 13.6 Å². The molecular formula is C12H17NO3S. The maximum absolute atomic E-state index is 11.3. The summed E-state index contributed by atoms with van der Waals surface area (Å²) in [7, 11) is -3.65. The van der Waals surface area contributed by atoms with Crippen LogP contribution in [0.1, 0.15) is 24.0 Å². The lowest BCUT2D eigenvalue weighted by Gasteiger charge is -2.13. The molecular weight excluding hydrogens is 238 g/mol. The van der Waals surface area contributed by atoms with Gasteiger partial charge in [0.05, 0.1) is 11.5 Å². The predicted octanol–water partition coefficient (Wildman–Crippen LogP) is 1.74. The van der Waals surface area contributed by atoms with Gasteiger partial charge in [-0.05, 0) is 55.9 Å². The van der Waals surface area contributed by atoms with E-state index < -0.39 is 10.0 Å². The largest absolute Gasteiger partial charge is 0.493 e. The van der Waals surface area contributed by atoms with Gasteiger partial charge in [0.1, 0.15) is 5.75 Å². The number of hydrogen-bond donors (Lipinski definition) is 1. The Balaban J connectivity index is 2.28. The van der Waals surface area contributed by atoms with Crippen LogP contribution in [0.15, 0.2) is 17.0 Å². The molecule has 0 aliphatic heterocycles. The van der Waals surface area contributed by atoms with Crippen molar-refractivity contribution >= 4 is 10.0 Å². The van der Waals surface area contributed by atoms with Crippen molar-refractivity contribution in [3.8, 4) is 5.75 Å². The third kappa shape index (κ3) is 2.79. The van der Waals surface area contributed by atoms with Gasteiger partial charge in [0, 0.05) is 0 Å². The minimum atomic E-state index is -3.65. The van der Waals surface area contributed by atoms with Crippen LogP contribution in [0.4, 0.5) is 0 Å². The fourth-order valence-corrected chi connectivity index (χ4v) is 2.57. The first-order chi connectivity index (χ1) is 7.89. The lowest BCUT2D eigenvalue weighted by atomic mass is 10.1. The highest BCUT2D eigenvalue weighted by molar-refractivity contribution is 7.89. The molecule has 0 aromatic heterocycles. The fourth-order valence-electron chi connectivity index (χ4n) is 1.73. The number of rotatable bonds is 4. The molecule has 5 heteroatoms. The lowest BCUT2D eigenvalue weighted by Crippen LogP contribution is -2.14. The van der Waals surface area contributed by atoms with Crippen molar-refractivity contribution in [3.63, 3.8) is 0 Å². The van der Waals surface area contributed by atoms with Gasteiger partial charge in [0.15, 0.2) is 0 Å². The number of nitrogens with two attached hydrogens (primary N) is 1. The normalized spacial score (nSPS) is 15.9. The summed E-state index contributed by atoms with van der Waals surface area (Å²) in [4.78, 5) is 0.175. The van der Waals surface area contributed by atoms with E-state index in [-0.39, 0.29) is 4.90 Å². The first-order valence-corrected chi connectivity index (χ1v) is 7.20. The Bertz CT molecular complexity index is 533. The van der Waals surface area contributed by atoms with E-state index in [0.29, 0.717) is 11.5 Å². The van der Waals surface area contributed by atoms with Gasteiger partial charge < -0.3 is 4.74 Å². The summed E-state index contributed by atoms with van der Waals surface area (Å²) in [6.45, 7) is 4.32. The van der Waals surface area contributed by atoms with Crippen LogP contribution in [0.25, 0.3) is 0 Å². The van der Waals surface area contributed by atoms with Crippen molar-refractivity contribution in [1.29, 1.82) is 0 Å². The zero-order valence-corrected chi connectivity index (χ0v) is 10.9. The molecule has 0 amide bonds. The Morgan fingerprint density at radius 1 is 1.29 bits per heavy atom. The molecule has 0 saturated heterocycles. The molecule has 0 bridgehead atoms. The quantitative estimate of drug-likeness (QED) is 0.891. The van der Waals surface area contributed by atoms with Crippen molar-refractivity contribution in [2.45, 2.75) is 31.6 Å². The smallest absolute Gasteiger partial charge is 0.238 e. The van der Waals surface area contributed by atoms with Gasteiger partial charge in [-0.3, -0.25) is 0 Å². The Hall–Kier alpha value is -1.07. The first-order valence-electron chi connectivity index (χ1n) is 5.65. The van der Waals surface area contributed by atoms with E-state index in [1.54, 1.807) is 13.0 Å². The minimum Gasteiger partial charge on any atom is -0.493 e. The second kappa shape index (κ2) is 4.31. The number of hydrogen-bond acceptors (Lipinski definition) is 3. The maximum Gasteiger partial charge on any atom is 0.238 e. The highest BCUT2D eigenvalue weighted by atomic mass is 32.2. The van der Waals surface area contributed by atoms with Gasteiger partial charge in [0.2, 0.25) is 10.0 Å². The van der Waals surface area contributed by atoms with Gasteiger partial charge >= 0.3 is 0 Å². The Morgan fingerprint density at radius 2 is 1.94 bits per heavy atom. The Labute approximate surface area is 102 Å². The van der Waals surface area contributed by atoms with Crippen molar-refractivity contribution in [2.75, 3.05) is 6.61 Å². The maximum atomic E-state index is 11.3. The van der Waals surface area contributed by atoms with E-state index in [9.17, 15) is 8.42 Å². The van der Waals surface area contributed by atoms with E-state index in [1.807, 2.05) is 6.92 Å². The van der Waals surface area contributed by atoms with Crippen LogP contribution < -0.4 is 9.88 Å². The van der Waals surface area contributed by atoms with Gasteiger partial charge in [-0.2, -0.15) is 0 Å². The van der Waals surface area contributed by atoms with Crippen LogP contribution in [0.2, 0.25) is 0 Å². The zero-order chi connectivity index (χ0) is 12.6. The Morgan fingerprint density at radius 3 is 2.47 bits per heavy atom. The number of benzene rings is 1. The van der Waals surface area contributed by atoms with Crippen LogP contribution in [0.3, 0.4) is 0 Å². The summed E-state index contributed by atoms with van der Waals surface area (Å²) in [5, 5.41) is 5.14. The van der Waals surface area contributed by atoms with Crippen LogP contribution in [-0.4, -0.2) is 15.0 Å². The molecule has 1 aromatic rings. The minimum absolute atomic E-state index is 0.175. The summed E-state index contributed by atoms with van der Waals surface area (Å²) >= 11 is 0. The van der Waals surface area contributed by atoms with Gasteiger partial charge in [-0.1, -0.05) is 0 Å². The van der Waals surface area contributed by atoms with Crippen LogP contribution in [-0.2, 0) is 10.0 Å². The van der Waals surface area contributed by atoms with E-state index in [0.717, 1.165) is 17.9 Å². The third-order valence-electron chi connectivity index (χ3n) is 3.17. The van der Waals surface area contributed by atoms with Crippen LogP contribution >= 0.6 is 0 Å². The molecule has 0 radical (unpaired) electrons. The average molecular weight is 255 g/mol. The molecule has 17 heavy (non-hydrogen) atoms. The highest BCUT2D eigenvalue weighted by Crippen LogP contribution is 2.31. The van der Waals surface area contributed by atoms with Crippen molar-refractivity contribution < 1.29 is 13.2 Å². The molecule has 0 unspecified atom stereocenters. The molecule has 0 spiro atoms. The van der Waals surface area contributed by atoms with Crippen LogP contribution in [0, 0.1) is 19.8 Å². The summed E-state index contributed by atoms with van der Waals surface area (Å²) in [5.41, 5.74) is 1.51. The van der Waals surface area contributed by atoms with E-state index in [4.69, 9.17) is 9.88 Å². The Kier molecular flexibility index (Phi) is 3.14. The molecule has 94 valence electrons. The average Bonchev–Trinajstić information content (AvgIpc) is 3.02. The number of sulfonamides is 1. The lowest BCUT2D eigenvalue weighted by molar-refractivity contribution is 0.297. The van der Waals surface area contributed by atoms with Crippen molar-refractivity contribution in [2.24, 2.45) is 11.1 Å². The monoisotopic (exact) mass is 255 g/mol. The van der Waals surface area contributed by atoms with Gasteiger partial charge in [-0.15, -0.1) is 0 Å². The molecule has 1 aromatic carbocycles. The summed E-state index contributed by atoms with van der Waals surface area (Å²) in [6.07, 6.45) is 2.46. The summed E-state index contributed by atoms with van der Waals surface area (Å²) in [6, 6.07) is 3.20.